The molecule has 4 aromatic rings. The molecule has 0 atom stereocenters. The smallest absolute Gasteiger partial charge is 0.302 e. The van der Waals surface area contributed by atoms with Crippen molar-refractivity contribution in [2.24, 2.45) is 0 Å². The summed E-state index contributed by atoms with van der Waals surface area (Å²) in [6, 6.07) is 38.6. The van der Waals surface area contributed by atoms with Gasteiger partial charge in [-0.2, -0.15) is 0 Å². The maximum Gasteiger partial charge on any atom is 0.308 e. The van der Waals surface area contributed by atoms with Crippen molar-refractivity contribution in [1.29, 1.82) is 0 Å². The van der Waals surface area contributed by atoms with E-state index in [-0.39, 0.29) is 0 Å². The van der Waals surface area contributed by atoms with Crippen LogP contribution in [0.25, 0.3) is 0 Å². The van der Waals surface area contributed by atoms with Crippen molar-refractivity contribution in [2.45, 2.75) is 18.5 Å². The summed E-state index contributed by atoms with van der Waals surface area (Å²) in [4.78, 5) is 0. The third kappa shape index (κ3) is 4.60. The quantitative estimate of drug-likeness (QED) is 0.270. The molecule has 4 aromatic carbocycles. The predicted molar refractivity (Wildman–Crippen MR) is 132 cm³/mol. The van der Waals surface area contributed by atoms with Gasteiger partial charge in [-0.25, -0.2) is 0 Å². The SMILES string of the molecule is F[Si](CCC[Si](F)(c1ccccc1)c1ccccc1)(c1ccccc1)c1ccccc1. The monoisotopic (exact) mass is 444 g/mol. The minimum atomic E-state index is -3.45. The molecule has 0 amide bonds. The van der Waals surface area contributed by atoms with Crippen LogP contribution in [0.2, 0.25) is 12.1 Å². The second kappa shape index (κ2) is 9.54. The van der Waals surface area contributed by atoms with Crippen LogP contribution in [0.3, 0.4) is 0 Å². The predicted octanol–water partition coefficient (Wildman–Crippen LogP) is 4.84. The van der Waals surface area contributed by atoms with Crippen molar-refractivity contribution >= 4 is 37.6 Å². The van der Waals surface area contributed by atoms with E-state index in [1.54, 1.807) is 0 Å². The molecule has 4 rings (SSSR count). The van der Waals surface area contributed by atoms with Crippen molar-refractivity contribution in [3.8, 4) is 0 Å². The normalized spacial score (nSPS) is 11.9. The molecular weight excluding hydrogens is 418 g/mol. The molecule has 0 bridgehead atoms. The molecule has 0 fully saturated rings. The molecule has 0 nitrogen and oxygen atoms in total. The minimum absolute atomic E-state index is 0.374. The van der Waals surface area contributed by atoms with E-state index in [2.05, 4.69) is 0 Å². The molecule has 0 aliphatic carbocycles. The number of halogens is 2. The molecule has 0 spiro atoms. The Labute approximate surface area is 185 Å². The van der Waals surface area contributed by atoms with E-state index >= 15 is 8.22 Å². The molecule has 0 saturated carbocycles. The van der Waals surface area contributed by atoms with E-state index in [1.807, 2.05) is 121 Å². The Hall–Kier alpha value is -2.83. The Balaban J connectivity index is 1.64. The van der Waals surface area contributed by atoms with Gasteiger partial charge in [0.2, 0.25) is 0 Å². The Morgan fingerprint density at radius 2 is 0.613 bits per heavy atom. The van der Waals surface area contributed by atoms with Crippen LogP contribution in [0.1, 0.15) is 6.42 Å². The van der Waals surface area contributed by atoms with Gasteiger partial charge in [0.25, 0.3) is 0 Å². The molecule has 0 unspecified atom stereocenters. The van der Waals surface area contributed by atoms with Crippen LogP contribution in [-0.2, 0) is 0 Å². The van der Waals surface area contributed by atoms with Crippen molar-refractivity contribution < 1.29 is 8.22 Å². The lowest BCUT2D eigenvalue weighted by molar-refractivity contribution is 0.770. The van der Waals surface area contributed by atoms with Gasteiger partial charge in [0.1, 0.15) is 0 Å². The largest absolute Gasteiger partial charge is 0.308 e. The van der Waals surface area contributed by atoms with Crippen molar-refractivity contribution in [3.63, 3.8) is 0 Å². The molecule has 0 N–H and O–H groups in total. The Kier molecular flexibility index (Phi) is 6.59. The lowest BCUT2D eigenvalue weighted by atomic mass is 10.4. The summed E-state index contributed by atoms with van der Waals surface area (Å²) < 4.78 is 33.3. The minimum Gasteiger partial charge on any atom is -0.302 e. The number of rotatable bonds is 8. The molecule has 0 heterocycles. The van der Waals surface area contributed by atoms with Gasteiger partial charge in [-0.3, -0.25) is 0 Å². The fraction of sp³-hybridized carbons (Fsp3) is 0.111. The summed E-state index contributed by atoms with van der Waals surface area (Å²) in [5, 5.41) is 3.02. The lowest BCUT2D eigenvalue weighted by Crippen LogP contribution is -2.56. The van der Waals surface area contributed by atoms with Crippen molar-refractivity contribution in [3.05, 3.63) is 121 Å². The highest BCUT2D eigenvalue weighted by molar-refractivity contribution is 6.98. The third-order valence-corrected chi connectivity index (χ3v) is 13.0. The zero-order valence-electron chi connectivity index (χ0n) is 17.4. The van der Waals surface area contributed by atoms with E-state index in [1.165, 1.54) is 0 Å². The van der Waals surface area contributed by atoms with Gasteiger partial charge >= 0.3 is 16.8 Å². The van der Waals surface area contributed by atoms with Crippen LogP contribution in [0.4, 0.5) is 8.22 Å². The van der Waals surface area contributed by atoms with Gasteiger partial charge in [-0.15, -0.1) is 0 Å². The maximum absolute atomic E-state index is 16.7. The highest BCUT2D eigenvalue weighted by Crippen LogP contribution is 2.22. The van der Waals surface area contributed by atoms with Crippen LogP contribution in [-0.4, -0.2) is 16.8 Å². The van der Waals surface area contributed by atoms with Crippen LogP contribution in [0, 0.1) is 0 Å². The lowest BCUT2D eigenvalue weighted by Gasteiger charge is -2.27. The Bertz CT molecular complexity index is 903. The first-order valence-corrected chi connectivity index (χ1v) is 14.9. The summed E-state index contributed by atoms with van der Waals surface area (Å²) in [6.07, 6.45) is 0.513. The average Bonchev–Trinajstić information content (AvgIpc) is 2.86. The zero-order chi connectivity index (χ0) is 21.6. The Morgan fingerprint density at radius 1 is 0.387 bits per heavy atom. The molecule has 0 radical (unpaired) electrons. The van der Waals surface area contributed by atoms with Crippen molar-refractivity contribution in [1.82, 2.24) is 0 Å². The van der Waals surface area contributed by atoms with Crippen LogP contribution in [0.5, 0.6) is 0 Å². The fourth-order valence-corrected chi connectivity index (χ4v) is 10.7. The summed E-state index contributed by atoms with van der Waals surface area (Å²) >= 11 is 0. The first-order chi connectivity index (χ1) is 15.1. The molecule has 0 aliphatic heterocycles. The van der Waals surface area contributed by atoms with Crippen LogP contribution < -0.4 is 20.7 Å². The second-order valence-electron chi connectivity index (χ2n) is 7.92. The standard InChI is InChI=1S/C27H26F2Si2/c28-30(24-14-5-1-6-15-24,25-16-7-2-8-17-25)22-13-23-31(29,26-18-9-3-10-19-26)27-20-11-4-12-21-27/h1-12,14-21H,13,22-23H2. The van der Waals surface area contributed by atoms with E-state index in [4.69, 9.17) is 0 Å². The van der Waals surface area contributed by atoms with Crippen molar-refractivity contribution in [2.75, 3.05) is 0 Å². The topological polar surface area (TPSA) is 0 Å². The highest BCUT2D eigenvalue weighted by atomic mass is 28.4. The van der Waals surface area contributed by atoms with E-state index < -0.39 is 16.8 Å². The number of hydrogen-bond acceptors (Lipinski definition) is 0. The average molecular weight is 445 g/mol. The van der Waals surface area contributed by atoms with Crippen LogP contribution in [0.15, 0.2) is 121 Å². The van der Waals surface area contributed by atoms with E-state index in [9.17, 15) is 0 Å². The van der Waals surface area contributed by atoms with Gasteiger partial charge in [0, 0.05) is 0 Å². The van der Waals surface area contributed by atoms with Crippen LogP contribution >= 0.6 is 0 Å². The summed E-state index contributed by atoms with van der Waals surface area (Å²) in [6.45, 7) is 0. The molecule has 0 aliphatic rings. The third-order valence-electron chi connectivity index (χ3n) is 5.97. The first-order valence-electron chi connectivity index (χ1n) is 10.7. The number of hydrogen-bond donors (Lipinski definition) is 0. The molecule has 0 aromatic heterocycles. The number of benzene rings is 4. The van der Waals surface area contributed by atoms with Gasteiger partial charge in [-0.05, 0) is 32.8 Å². The van der Waals surface area contributed by atoms with Gasteiger partial charge < -0.3 is 8.22 Å². The molecule has 156 valence electrons. The summed E-state index contributed by atoms with van der Waals surface area (Å²) in [5.74, 6) is 0. The molecule has 0 saturated heterocycles. The molecule has 4 heteroatoms. The zero-order valence-corrected chi connectivity index (χ0v) is 19.4. The molecular formula is C27H26F2Si2. The van der Waals surface area contributed by atoms with Gasteiger partial charge in [0.05, 0.1) is 0 Å². The van der Waals surface area contributed by atoms with Gasteiger partial charge in [0.15, 0.2) is 0 Å². The molecule has 31 heavy (non-hydrogen) atoms. The Morgan fingerprint density at radius 3 is 0.839 bits per heavy atom. The maximum atomic E-state index is 16.7. The first kappa shape index (κ1) is 21.4. The fourth-order valence-electron chi connectivity index (χ4n) is 4.30. The summed E-state index contributed by atoms with van der Waals surface area (Å²) in [7, 11) is -6.90. The second-order valence-corrected chi connectivity index (χ2v) is 14.4. The summed E-state index contributed by atoms with van der Waals surface area (Å²) in [5.41, 5.74) is 0. The highest BCUT2D eigenvalue weighted by Gasteiger charge is 2.42. The van der Waals surface area contributed by atoms with E-state index in [0.717, 1.165) is 20.7 Å². The van der Waals surface area contributed by atoms with E-state index in [0.29, 0.717) is 18.5 Å². The van der Waals surface area contributed by atoms with Gasteiger partial charge in [-0.1, -0.05) is 128 Å².